The van der Waals surface area contributed by atoms with Crippen molar-refractivity contribution in [3.8, 4) is 5.75 Å². The second-order valence-electron chi connectivity index (χ2n) is 10.9. The van der Waals surface area contributed by atoms with Gasteiger partial charge >= 0.3 is 11.9 Å². The van der Waals surface area contributed by atoms with E-state index in [0.29, 0.717) is 5.02 Å². The van der Waals surface area contributed by atoms with Crippen molar-refractivity contribution in [1.29, 1.82) is 0 Å². The van der Waals surface area contributed by atoms with Gasteiger partial charge in [0, 0.05) is 22.8 Å². The molecule has 1 amide bonds. The van der Waals surface area contributed by atoms with Crippen LogP contribution in [0, 0.1) is 5.41 Å². The van der Waals surface area contributed by atoms with Crippen molar-refractivity contribution >= 4 is 41.1 Å². The van der Waals surface area contributed by atoms with Gasteiger partial charge in [-0.05, 0) is 57.0 Å². The number of amides is 1. The summed E-state index contributed by atoms with van der Waals surface area (Å²) in [7, 11) is 0. The highest BCUT2D eigenvalue weighted by Gasteiger charge is 2.73. The number of hydrogen-bond acceptors (Lipinski definition) is 9. The quantitative estimate of drug-likeness (QED) is 0.433. The van der Waals surface area contributed by atoms with Crippen LogP contribution in [0.4, 0.5) is 0 Å². The molecule has 3 aliphatic heterocycles. The van der Waals surface area contributed by atoms with Gasteiger partial charge in [0.05, 0.1) is 24.4 Å². The number of rotatable bonds is 6. The molecule has 1 aliphatic carbocycles. The first-order valence-electron chi connectivity index (χ1n) is 14.6. The number of carbonyl (C=O) groups is 4. The SMILES string of the molecule is CCOC(=O)[C@H]1N(C(=O)c2ccccc2)N=C2N(C3CCCCC3)C=C3C(=O)c4cc(Cl)ccc4O[C@@H]3[C@]21C(=O)OCC. The molecule has 11 heteroatoms. The molecule has 0 saturated heterocycles. The Hall–Kier alpha value is -4.18. The molecule has 0 spiro atoms. The van der Waals surface area contributed by atoms with Crippen molar-refractivity contribution in [2.75, 3.05) is 13.2 Å². The van der Waals surface area contributed by atoms with Gasteiger partial charge in [-0.1, -0.05) is 49.1 Å². The van der Waals surface area contributed by atoms with Gasteiger partial charge in [-0.25, -0.2) is 9.80 Å². The largest absolute Gasteiger partial charge is 0.483 e. The molecular weight excluding hydrogens is 574 g/mol. The first-order valence-corrected chi connectivity index (χ1v) is 15.0. The summed E-state index contributed by atoms with van der Waals surface area (Å²) in [6.07, 6.45) is 4.78. The zero-order chi connectivity index (χ0) is 30.3. The number of benzene rings is 2. The molecule has 10 nitrogen and oxygen atoms in total. The van der Waals surface area contributed by atoms with Crippen LogP contribution < -0.4 is 4.74 Å². The maximum Gasteiger partial charge on any atom is 0.332 e. The predicted molar refractivity (Wildman–Crippen MR) is 157 cm³/mol. The second-order valence-corrected chi connectivity index (χ2v) is 11.4. The lowest BCUT2D eigenvalue weighted by molar-refractivity contribution is -0.168. The Morgan fingerprint density at radius 2 is 1.74 bits per heavy atom. The third kappa shape index (κ3) is 4.59. The summed E-state index contributed by atoms with van der Waals surface area (Å²) in [5, 5.41) is 6.12. The average Bonchev–Trinajstić information content (AvgIpc) is 3.40. The number of ketones is 1. The smallest absolute Gasteiger partial charge is 0.332 e. The minimum atomic E-state index is -2.04. The van der Waals surface area contributed by atoms with Crippen molar-refractivity contribution in [2.45, 2.75) is 64.1 Å². The number of hydrogen-bond donors (Lipinski definition) is 0. The molecule has 3 heterocycles. The van der Waals surface area contributed by atoms with E-state index in [1.807, 2.05) is 0 Å². The summed E-state index contributed by atoms with van der Waals surface area (Å²) in [6.45, 7) is 3.24. The van der Waals surface area contributed by atoms with E-state index in [0.717, 1.165) is 37.1 Å². The van der Waals surface area contributed by atoms with E-state index in [4.69, 9.17) is 30.9 Å². The molecule has 1 fully saturated rings. The lowest BCUT2D eigenvalue weighted by Crippen LogP contribution is -2.68. The van der Waals surface area contributed by atoms with Crippen LogP contribution in [0.1, 0.15) is 66.7 Å². The third-order valence-electron chi connectivity index (χ3n) is 8.48. The summed E-state index contributed by atoms with van der Waals surface area (Å²) in [4.78, 5) is 58.5. The molecule has 0 radical (unpaired) electrons. The molecule has 0 N–H and O–H groups in total. The normalized spacial score (nSPS) is 24.6. The lowest BCUT2D eigenvalue weighted by atomic mass is 9.67. The van der Waals surface area contributed by atoms with Crippen LogP contribution in [0.25, 0.3) is 0 Å². The molecule has 0 bridgehead atoms. The van der Waals surface area contributed by atoms with E-state index >= 15 is 0 Å². The van der Waals surface area contributed by atoms with Crippen LogP contribution in [-0.2, 0) is 19.1 Å². The van der Waals surface area contributed by atoms with Crippen LogP contribution in [0.15, 0.2) is 65.4 Å². The fourth-order valence-corrected chi connectivity index (χ4v) is 6.76. The van der Waals surface area contributed by atoms with Crippen molar-refractivity contribution in [3.63, 3.8) is 0 Å². The van der Waals surface area contributed by atoms with E-state index in [-0.39, 0.29) is 47.5 Å². The fourth-order valence-electron chi connectivity index (χ4n) is 6.59. The van der Waals surface area contributed by atoms with Crippen molar-refractivity contribution in [1.82, 2.24) is 9.91 Å². The van der Waals surface area contributed by atoms with Crippen LogP contribution in [0.3, 0.4) is 0 Å². The minimum Gasteiger partial charge on any atom is -0.483 e. The molecule has 0 unspecified atom stereocenters. The van der Waals surface area contributed by atoms with Crippen molar-refractivity contribution < 1.29 is 33.4 Å². The number of fused-ring (bicyclic) bond motifs is 4. The number of halogens is 1. The Kier molecular flexibility index (Phi) is 7.72. The molecule has 2 aromatic rings. The fraction of sp³-hybridized carbons (Fsp3) is 0.406. The van der Waals surface area contributed by atoms with Gasteiger partial charge in [0.1, 0.15) is 5.75 Å². The molecule has 6 rings (SSSR count). The van der Waals surface area contributed by atoms with E-state index in [1.165, 1.54) is 6.07 Å². The molecule has 0 aromatic heterocycles. The van der Waals surface area contributed by atoms with E-state index in [9.17, 15) is 19.2 Å². The van der Waals surface area contributed by atoms with Crippen molar-refractivity contribution in [2.24, 2.45) is 10.5 Å². The van der Waals surface area contributed by atoms with E-state index < -0.39 is 41.2 Å². The average molecular weight is 606 g/mol. The predicted octanol–water partition coefficient (Wildman–Crippen LogP) is 4.77. The molecule has 43 heavy (non-hydrogen) atoms. The summed E-state index contributed by atoms with van der Waals surface area (Å²) in [5.41, 5.74) is -1.39. The number of ether oxygens (including phenoxy) is 3. The van der Waals surface area contributed by atoms with Gasteiger partial charge in [0.15, 0.2) is 23.8 Å². The maximum absolute atomic E-state index is 14.5. The van der Waals surface area contributed by atoms with Gasteiger partial charge in [-0.15, -0.1) is 0 Å². The number of carbonyl (C=O) groups excluding carboxylic acids is 4. The van der Waals surface area contributed by atoms with E-state index in [2.05, 4.69) is 0 Å². The van der Waals surface area contributed by atoms with Crippen LogP contribution in [0.2, 0.25) is 5.02 Å². The monoisotopic (exact) mass is 605 g/mol. The Morgan fingerprint density at radius 3 is 2.44 bits per heavy atom. The third-order valence-corrected chi connectivity index (χ3v) is 8.72. The molecule has 4 aliphatic rings. The molecule has 2 aromatic carbocycles. The van der Waals surface area contributed by atoms with Crippen LogP contribution in [0.5, 0.6) is 5.75 Å². The van der Waals surface area contributed by atoms with Gasteiger partial charge < -0.3 is 19.1 Å². The zero-order valence-corrected chi connectivity index (χ0v) is 24.7. The van der Waals surface area contributed by atoms with Crippen LogP contribution in [-0.4, -0.2) is 70.8 Å². The highest BCUT2D eigenvalue weighted by Crippen LogP contribution is 2.52. The topological polar surface area (TPSA) is 115 Å². The summed E-state index contributed by atoms with van der Waals surface area (Å²) in [6, 6.07) is 11.3. The summed E-state index contributed by atoms with van der Waals surface area (Å²) in [5.74, 6) is -2.38. The number of hydrazone groups is 1. The van der Waals surface area contributed by atoms with Gasteiger partial charge in [0.2, 0.25) is 5.41 Å². The zero-order valence-electron chi connectivity index (χ0n) is 24.0. The molecule has 1 saturated carbocycles. The second kappa shape index (κ2) is 11.5. The molecular formula is C32H32ClN3O7. The highest BCUT2D eigenvalue weighted by atomic mass is 35.5. The summed E-state index contributed by atoms with van der Waals surface area (Å²) >= 11 is 6.25. The Bertz CT molecular complexity index is 1530. The minimum absolute atomic E-state index is 0.0161. The standard InChI is InChI=1S/C32H32ClN3O7/c1-3-41-29(39)26-32(31(40)42-4-2)27-23(25(37)22-17-20(33)15-16-24(22)43-27)18-35(21-13-9-6-10-14-21)30(32)34-36(26)28(38)19-11-7-5-8-12-19/h5,7-8,11-12,15-18,21,26-27H,3-4,6,9-10,13-14H2,1-2H3/t26-,27+,32+/m1/s1. The van der Waals surface area contributed by atoms with Gasteiger partial charge in [-0.3, -0.25) is 14.4 Å². The van der Waals surface area contributed by atoms with Gasteiger partial charge in [-0.2, -0.15) is 5.10 Å². The highest BCUT2D eigenvalue weighted by molar-refractivity contribution is 6.31. The Balaban J connectivity index is 1.62. The number of amidine groups is 1. The first-order chi connectivity index (χ1) is 20.8. The summed E-state index contributed by atoms with van der Waals surface area (Å²) < 4.78 is 17.7. The number of nitrogens with zero attached hydrogens (tertiary/aromatic N) is 3. The Labute approximate surface area is 254 Å². The molecule has 224 valence electrons. The van der Waals surface area contributed by atoms with Crippen LogP contribution >= 0.6 is 11.6 Å². The van der Waals surface area contributed by atoms with Gasteiger partial charge in [0.25, 0.3) is 5.91 Å². The van der Waals surface area contributed by atoms with E-state index in [1.54, 1.807) is 67.4 Å². The van der Waals surface area contributed by atoms with Crippen molar-refractivity contribution in [3.05, 3.63) is 76.5 Å². The number of esters is 2. The maximum atomic E-state index is 14.5. The molecule has 3 atom stereocenters. The Morgan fingerprint density at radius 1 is 1.02 bits per heavy atom. The first kappa shape index (κ1) is 28.9. The lowest BCUT2D eigenvalue weighted by Gasteiger charge is -2.48. The number of Topliss-reactive ketones (excluding diaryl/α,β-unsaturated/α-hetero) is 1.